The minimum absolute atomic E-state index is 0.0405. The highest BCUT2D eigenvalue weighted by molar-refractivity contribution is 7.83. The highest BCUT2D eigenvalue weighted by atomic mass is 32.2. The monoisotopic (exact) mass is 520 g/mol. The van der Waals surface area contributed by atoms with Crippen LogP contribution in [0.4, 0.5) is 9.93 Å². The number of cyclic esters (lactones) is 1. The van der Waals surface area contributed by atoms with Gasteiger partial charge in [0.1, 0.15) is 18.5 Å². The molecule has 1 aliphatic carbocycles. The molecule has 0 aromatic carbocycles. The maximum Gasteiger partial charge on any atom is 0.409 e. The van der Waals surface area contributed by atoms with Crippen LogP contribution in [0, 0.1) is 0 Å². The summed E-state index contributed by atoms with van der Waals surface area (Å²) in [6, 6.07) is -2.52. The predicted molar refractivity (Wildman–Crippen MR) is 112 cm³/mol. The van der Waals surface area contributed by atoms with Crippen molar-refractivity contribution >= 4 is 50.5 Å². The van der Waals surface area contributed by atoms with Crippen molar-refractivity contribution in [3.63, 3.8) is 0 Å². The topological polar surface area (TPSA) is 234 Å². The number of carboxylic acids is 1. The van der Waals surface area contributed by atoms with Crippen LogP contribution in [-0.2, 0) is 29.5 Å². The second-order valence-corrected chi connectivity index (χ2v) is 9.96. The molecule has 2 amide bonds. The van der Waals surface area contributed by atoms with Gasteiger partial charge in [-0.25, -0.2) is 14.6 Å². The number of ether oxygens (including phenoxy) is 1. The van der Waals surface area contributed by atoms with E-state index in [0.29, 0.717) is 4.31 Å². The standard InChI is InChI=1S/C16H20N6O10S2/c17-14-18-7(6-33-14)9(20-32-16(1-2-16)13(25)26)11(23)19-10-8(5-21-3-4-31-15(21)27)22(12(10)24)34(28,29)30/h6,8,10,12,24H,1-5H2,(H2,17,18)(H,19,23)(H,25,26)(H,28,29,30)/b20-9-/t8-,10+,12?/m1/s1. The predicted octanol–water partition coefficient (Wildman–Crippen LogP) is -2.19. The fourth-order valence-corrected chi connectivity index (χ4v) is 5.00. The number of carboxylic acid groups (broad SMARTS) is 1. The molecular weight excluding hydrogens is 500 g/mol. The maximum absolute atomic E-state index is 13.0. The number of carbonyl (C=O) groups excluding carboxylic acids is 2. The number of oxime groups is 1. The number of hydrogen-bond donors (Lipinski definition) is 5. The first-order valence-electron chi connectivity index (χ1n) is 9.80. The van der Waals surface area contributed by atoms with Crippen LogP contribution >= 0.6 is 11.3 Å². The van der Waals surface area contributed by atoms with Gasteiger partial charge in [0, 0.05) is 24.8 Å². The van der Waals surface area contributed by atoms with Gasteiger partial charge in [0.05, 0.1) is 18.6 Å². The maximum atomic E-state index is 13.0. The van der Waals surface area contributed by atoms with Crippen LogP contribution in [0.25, 0.3) is 0 Å². The Hall–Kier alpha value is -3.06. The Morgan fingerprint density at radius 1 is 1.44 bits per heavy atom. The Morgan fingerprint density at radius 2 is 2.15 bits per heavy atom. The summed E-state index contributed by atoms with van der Waals surface area (Å²) >= 11 is 0.976. The Morgan fingerprint density at radius 3 is 2.65 bits per heavy atom. The van der Waals surface area contributed by atoms with Gasteiger partial charge in [-0.2, -0.15) is 8.42 Å². The number of hydrogen-bond acceptors (Lipinski definition) is 12. The summed E-state index contributed by atoms with van der Waals surface area (Å²) in [6.45, 7) is -0.0849. The van der Waals surface area contributed by atoms with E-state index in [4.69, 9.17) is 15.3 Å². The minimum Gasteiger partial charge on any atom is -0.478 e. The second-order valence-electron chi connectivity index (χ2n) is 7.75. The SMILES string of the molecule is Nc1nc(/C(=N/OC2(C(=O)O)CC2)C(=O)N[C@@H]2C(O)N(S(=O)(=O)O)[C@@H]2CN2CCOC2=O)cs1. The van der Waals surface area contributed by atoms with Gasteiger partial charge in [-0.3, -0.25) is 9.35 Å². The molecule has 18 heteroatoms. The van der Waals surface area contributed by atoms with E-state index >= 15 is 0 Å². The van der Waals surface area contributed by atoms with Gasteiger partial charge in [0.25, 0.3) is 5.91 Å². The van der Waals surface area contributed by atoms with Crippen LogP contribution in [0.1, 0.15) is 18.5 Å². The number of nitrogen functional groups attached to an aromatic ring is 1. The number of aromatic nitrogens is 1. The second kappa shape index (κ2) is 8.62. The van der Waals surface area contributed by atoms with E-state index in [2.05, 4.69) is 15.5 Å². The molecule has 3 fully saturated rings. The smallest absolute Gasteiger partial charge is 0.409 e. The van der Waals surface area contributed by atoms with Crippen LogP contribution in [-0.4, -0.2) is 105 Å². The molecule has 16 nitrogen and oxygen atoms in total. The van der Waals surface area contributed by atoms with E-state index in [1.807, 2.05) is 0 Å². The molecule has 186 valence electrons. The first kappa shape index (κ1) is 24.1. The van der Waals surface area contributed by atoms with Crippen LogP contribution in [0.3, 0.4) is 0 Å². The highest BCUT2D eigenvalue weighted by Crippen LogP contribution is 2.40. The molecule has 34 heavy (non-hydrogen) atoms. The molecular formula is C16H20N6O10S2. The van der Waals surface area contributed by atoms with Crippen molar-refractivity contribution in [2.24, 2.45) is 5.16 Å². The Balaban J connectivity index is 1.56. The molecule has 4 rings (SSSR count). The van der Waals surface area contributed by atoms with Crippen molar-refractivity contribution in [1.82, 2.24) is 19.5 Å². The molecule has 0 spiro atoms. The summed E-state index contributed by atoms with van der Waals surface area (Å²) in [6.07, 6.45) is -2.23. The van der Waals surface area contributed by atoms with Gasteiger partial charge in [-0.1, -0.05) is 5.16 Å². The number of nitrogens with one attached hydrogen (secondary N) is 1. The Labute approximate surface area is 195 Å². The Kier molecular flexibility index (Phi) is 6.10. The average molecular weight is 521 g/mol. The number of rotatable bonds is 9. The fourth-order valence-electron chi connectivity index (χ4n) is 3.51. The number of aliphatic carboxylic acids is 1. The molecule has 3 heterocycles. The fraction of sp³-hybridized carbons (Fsp3) is 0.562. The van der Waals surface area contributed by atoms with Gasteiger partial charge >= 0.3 is 22.4 Å². The van der Waals surface area contributed by atoms with E-state index in [1.54, 1.807) is 0 Å². The van der Waals surface area contributed by atoms with E-state index in [-0.39, 0.29) is 43.4 Å². The number of nitrogens with two attached hydrogens (primary N) is 1. The lowest BCUT2D eigenvalue weighted by Gasteiger charge is -2.50. The average Bonchev–Trinajstić information content (AvgIpc) is 3.26. The van der Waals surface area contributed by atoms with Gasteiger partial charge in [-0.15, -0.1) is 15.6 Å². The van der Waals surface area contributed by atoms with Crippen molar-refractivity contribution in [3.8, 4) is 0 Å². The first-order chi connectivity index (χ1) is 15.9. The van der Waals surface area contributed by atoms with Crippen LogP contribution in [0.15, 0.2) is 10.5 Å². The molecule has 2 aliphatic heterocycles. The Bertz CT molecular complexity index is 1150. The van der Waals surface area contributed by atoms with Crippen LogP contribution < -0.4 is 11.1 Å². The summed E-state index contributed by atoms with van der Waals surface area (Å²) in [7, 11) is -4.89. The number of anilines is 1. The molecule has 3 aliphatic rings. The lowest BCUT2D eigenvalue weighted by Crippen LogP contribution is -2.76. The van der Waals surface area contributed by atoms with Crippen molar-refractivity contribution in [3.05, 3.63) is 11.1 Å². The number of nitrogens with zero attached hydrogens (tertiary/aromatic N) is 4. The molecule has 1 aromatic rings. The first-order valence-corrected chi connectivity index (χ1v) is 12.1. The van der Waals surface area contributed by atoms with E-state index in [0.717, 1.165) is 16.2 Å². The minimum atomic E-state index is -4.89. The summed E-state index contributed by atoms with van der Waals surface area (Å²) in [5.74, 6) is -2.25. The zero-order valence-electron chi connectivity index (χ0n) is 17.2. The quantitative estimate of drug-likeness (QED) is 0.133. The third-order valence-corrected chi connectivity index (χ3v) is 7.22. The van der Waals surface area contributed by atoms with E-state index < -0.39 is 57.9 Å². The van der Waals surface area contributed by atoms with Crippen molar-refractivity contribution in [1.29, 1.82) is 0 Å². The van der Waals surface area contributed by atoms with E-state index in [1.165, 1.54) is 5.38 Å². The molecule has 6 N–H and O–H groups in total. The van der Waals surface area contributed by atoms with Crippen molar-refractivity contribution < 1.29 is 47.1 Å². The normalized spacial score (nSPS) is 26.5. The van der Waals surface area contributed by atoms with Gasteiger partial charge < -0.3 is 35.7 Å². The van der Waals surface area contributed by atoms with Gasteiger partial charge in [0.15, 0.2) is 10.8 Å². The number of aliphatic hydroxyl groups is 1. The molecule has 0 radical (unpaired) electrons. The number of carbonyl (C=O) groups is 3. The largest absolute Gasteiger partial charge is 0.478 e. The number of aliphatic hydroxyl groups excluding tert-OH is 1. The lowest BCUT2D eigenvalue weighted by molar-refractivity contribution is -0.153. The summed E-state index contributed by atoms with van der Waals surface area (Å²) in [4.78, 5) is 46.3. The zero-order chi connectivity index (χ0) is 24.8. The molecule has 1 aromatic heterocycles. The highest BCUT2D eigenvalue weighted by Gasteiger charge is 2.56. The molecule has 1 saturated carbocycles. The number of thiazole rings is 1. The lowest BCUT2D eigenvalue weighted by atomic mass is 9.96. The molecule has 0 bridgehead atoms. The van der Waals surface area contributed by atoms with E-state index in [9.17, 15) is 37.6 Å². The summed E-state index contributed by atoms with van der Waals surface area (Å²) in [5.41, 5.74) is 3.54. The van der Waals surface area contributed by atoms with Crippen LogP contribution in [0.5, 0.6) is 0 Å². The van der Waals surface area contributed by atoms with Crippen molar-refractivity contribution in [2.45, 2.75) is 36.8 Å². The molecule has 2 saturated heterocycles. The number of amides is 2. The summed E-state index contributed by atoms with van der Waals surface area (Å²) in [5, 5.41) is 27.1. The third-order valence-electron chi connectivity index (χ3n) is 5.53. The van der Waals surface area contributed by atoms with Crippen molar-refractivity contribution in [2.75, 3.05) is 25.4 Å². The van der Waals surface area contributed by atoms with Crippen LogP contribution in [0.2, 0.25) is 0 Å². The van der Waals surface area contributed by atoms with Gasteiger partial charge in [0.2, 0.25) is 5.60 Å². The summed E-state index contributed by atoms with van der Waals surface area (Å²) < 4.78 is 38.0. The molecule has 1 unspecified atom stereocenters. The van der Waals surface area contributed by atoms with Gasteiger partial charge in [-0.05, 0) is 0 Å². The third kappa shape index (κ3) is 4.49. The molecule has 3 atom stereocenters. The zero-order valence-corrected chi connectivity index (χ0v) is 18.9.